The molecule has 0 aliphatic heterocycles. The summed E-state index contributed by atoms with van der Waals surface area (Å²) in [5.41, 5.74) is 0.103. The Bertz CT molecular complexity index is 262. The predicted octanol–water partition coefficient (Wildman–Crippen LogP) is 1.58. The number of furan rings is 1. The van der Waals surface area contributed by atoms with Gasteiger partial charge in [-0.2, -0.15) is 0 Å². The van der Waals surface area contributed by atoms with Crippen molar-refractivity contribution >= 4 is 0 Å². The second-order valence-corrected chi connectivity index (χ2v) is 3.91. The highest BCUT2D eigenvalue weighted by Crippen LogP contribution is 2.20. The molecule has 0 saturated heterocycles. The first-order valence-corrected chi connectivity index (χ1v) is 4.86. The largest absolute Gasteiger partial charge is 0.472 e. The molecular weight excluding hydrogens is 196 g/mol. The van der Waals surface area contributed by atoms with Crippen molar-refractivity contribution in [2.24, 2.45) is 0 Å². The summed E-state index contributed by atoms with van der Waals surface area (Å²) < 4.78 is 15.0. The van der Waals surface area contributed by atoms with Crippen molar-refractivity contribution in [2.75, 3.05) is 14.2 Å². The van der Waals surface area contributed by atoms with Crippen molar-refractivity contribution in [3.63, 3.8) is 0 Å². The van der Waals surface area contributed by atoms with Gasteiger partial charge < -0.3 is 19.0 Å². The van der Waals surface area contributed by atoms with Gasteiger partial charge in [0.25, 0.3) is 0 Å². The molecule has 0 radical (unpaired) electrons. The number of aliphatic hydroxyl groups is 1. The molecule has 0 aliphatic rings. The molecule has 1 heterocycles. The van der Waals surface area contributed by atoms with Crippen molar-refractivity contribution in [1.82, 2.24) is 0 Å². The third kappa shape index (κ3) is 4.03. The lowest BCUT2D eigenvalue weighted by molar-refractivity contribution is -0.139. The molecule has 1 N–H and O–H groups in total. The van der Waals surface area contributed by atoms with Crippen molar-refractivity contribution in [1.29, 1.82) is 0 Å². The molecule has 1 rings (SSSR count). The Morgan fingerprint density at radius 1 is 1.47 bits per heavy atom. The number of ether oxygens (including phenoxy) is 2. The summed E-state index contributed by atoms with van der Waals surface area (Å²) >= 11 is 0. The van der Waals surface area contributed by atoms with E-state index in [1.165, 1.54) is 0 Å². The summed E-state index contributed by atoms with van der Waals surface area (Å²) in [6.07, 6.45) is 3.78. The maximum atomic E-state index is 10.1. The van der Waals surface area contributed by atoms with Crippen LogP contribution in [0.15, 0.2) is 23.0 Å². The highest BCUT2D eigenvalue weighted by atomic mass is 16.7. The molecule has 15 heavy (non-hydrogen) atoms. The molecule has 4 heteroatoms. The fourth-order valence-electron chi connectivity index (χ4n) is 1.53. The Balaban J connectivity index is 2.51. The Morgan fingerprint density at radius 3 is 2.60 bits per heavy atom. The zero-order chi connectivity index (χ0) is 11.3. The van der Waals surface area contributed by atoms with E-state index in [0.29, 0.717) is 12.8 Å². The average molecular weight is 214 g/mol. The van der Waals surface area contributed by atoms with E-state index in [1.807, 2.05) is 6.07 Å². The average Bonchev–Trinajstić information content (AvgIpc) is 2.66. The van der Waals surface area contributed by atoms with Crippen LogP contribution < -0.4 is 0 Å². The van der Waals surface area contributed by atoms with E-state index >= 15 is 0 Å². The summed E-state index contributed by atoms with van der Waals surface area (Å²) in [5.74, 6) is 0. The van der Waals surface area contributed by atoms with Crippen LogP contribution in [-0.2, 0) is 15.9 Å². The van der Waals surface area contributed by atoms with Crippen LogP contribution in [-0.4, -0.2) is 31.2 Å². The van der Waals surface area contributed by atoms with E-state index in [-0.39, 0.29) is 6.29 Å². The second kappa shape index (κ2) is 5.30. The van der Waals surface area contributed by atoms with Gasteiger partial charge in [0.2, 0.25) is 0 Å². The smallest absolute Gasteiger partial charge is 0.159 e. The molecule has 0 aromatic carbocycles. The third-order valence-corrected chi connectivity index (χ3v) is 2.30. The minimum atomic E-state index is -0.861. The van der Waals surface area contributed by atoms with Gasteiger partial charge in [-0.05, 0) is 18.6 Å². The molecule has 4 nitrogen and oxygen atoms in total. The molecule has 0 fully saturated rings. The maximum absolute atomic E-state index is 10.1. The summed E-state index contributed by atoms with van der Waals surface area (Å²) in [4.78, 5) is 0. The first-order chi connectivity index (χ1) is 7.07. The lowest BCUT2D eigenvalue weighted by Gasteiger charge is -2.26. The monoisotopic (exact) mass is 214 g/mol. The van der Waals surface area contributed by atoms with Crippen LogP contribution >= 0.6 is 0 Å². The normalized spacial score (nSPS) is 15.5. The fraction of sp³-hybridized carbons (Fsp3) is 0.636. The van der Waals surface area contributed by atoms with Gasteiger partial charge >= 0.3 is 0 Å². The Hall–Kier alpha value is -0.840. The van der Waals surface area contributed by atoms with Gasteiger partial charge in [-0.1, -0.05) is 0 Å². The topological polar surface area (TPSA) is 51.8 Å². The standard InChI is InChI=1S/C11H18O4/c1-11(12,7-10(13-2)14-3)6-9-4-5-15-8-9/h4-5,8,10,12H,6-7H2,1-3H3. The van der Waals surface area contributed by atoms with Crippen molar-refractivity contribution < 1.29 is 19.0 Å². The summed E-state index contributed by atoms with van der Waals surface area (Å²) in [6, 6.07) is 1.84. The molecule has 1 atom stereocenters. The third-order valence-electron chi connectivity index (χ3n) is 2.30. The number of hydrogen-bond acceptors (Lipinski definition) is 4. The van der Waals surface area contributed by atoms with Gasteiger partial charge in [0, 0.05) is 27.1 Å². The molecule has 0 aliphatic carbocycles. The van der Waals surface area contributed by atoms with Crippen molar-refractivity contribution in [3.05, 3.63) is 24.2 Å². The predicted molar refractivity (Wildman–Crippen MR) is 55.5 cm³/mol. The summed E-state index contributed by atoms with van der Waals surface area (Å²) in [6.45, 7) is 1.76. The van der Waals surface area contributed by atoms with E-state index in [9.17, 15) is 5.11 Å². The second-order valence-electron chi connectivity index (χ2n) is 3.91. The number of hydrogen-bond donors (Lipinski definition) is 1. The van der Waals surface area contributed by atoms with Crippen LogP contribution in [0.2, 0.25) is 0 Å². The van der Waals surface area contributed by atoms with E-state index in [1.54, 1.807) is 33.7 Å². The van der Waals surface area contributed by atoms with Gasteiger partial charge in [0.1, 0.15) is 0 Å². The molecule has 0 amide bonds. The zero-order valence-electron chi connectivity index (χ0n) is 9.40. The van der Waals surface area contributed by atoms with E-state index in [0.717, 1.165) is 5.56 Å². The van der Waals surface area contributed by atoms with E-state index in [2.05, 4.69) is 0 Å². The molecule has 0 bridgehead atoms. The number of methoxy groups -OCH3 is 2. The lowest BCUT2D eigenvalue weighted by atomic mass is 9.94. The van der Waals surface area contributed by atoms with Crippen LogP contribution in [0.5, 0.6) is 0 Å². The quantitative estimate of drug-likeness (QED) is 0.730. The Labute approximate surface area is 89.8 Å². The van der Waals surface area contributed by atoms with Gasteiger partial charge in [0.05, 0.1) is 18.1 Å². The van der Waals surface area contributed by atoms with Crippen LogP contribution in [0.25, 0.3) is 0 Å². The first kappa shape index (κ1) is 12.2. The molecule has 1 aromatic heterocycles. The van der Waals surface area contributed by atoms with Crippen LogP contribution in [0, 0.1) is 0 Å². The lowest BCUT2D eigenvalue weighted by Crippen LogP contribution is -2.33. The number of rotatable bonds is 6. The maximum Gasteiger partial charge on any atom is 0.159 e. The van der Waals surface area contributed by atoms with Crippen LogP contribution in [0.4, 0.5) is 0 Å². The molecule has 1 unspecified atom stereocenters. The molecular formula is C11H18O4. The minimum absolute atomic E-state index is 0.382. The minimum Gasteiger partial charge on any atom is -0.472 e. The molecule has 0 saturated carbocycles. The van der Waals surface area contributed by atoms with Gasteiger partial charge in [-0.25, -0.2) is 0 Å². The Kier molecular flexibility index (Phi) is 4.32. The van der Waals surface area contributed by atoms with Gasteiger partial charge in [-0.15, -0.1) is 0 Å². The van der Waals surface area contributed by atoms with Gasteiger partial charge in [-0.3, -0.25) is 0 Å². The van der Waals surface area contributed by atoms with E-state index in [4.69, 9.17) is 13.9 Å². The Morgan fingerprint density at radius 2 is 2.13 bits per heavy atom. The first-order valence-electron chi connectivity index (χ1n) is 4.86. The van der Waals surface area contributed by atoms with E-state index < -0.39 is 5.60 Å². The molecule has 86 valence electrons. The van der Waals surface area contributed by atoms with Gasteiger partial charge in [0.15, 0.2) is 6.29 Å². The summed E-state index contributed by atoms with van der Waals surface area (Å²) in [7, 11) is 3.12. The molecule has 1 aromatic rings. The summed E-state index contributed by atoms with van der Waals surface area (Å²) in [5, 5.41) is 10.1. The van der Waals surface area contributed by atoms with Crippen LogP contribution in [0.1, 0.15) is 18.9 Å². The molecule has 0 spiro atoms. The highest BCUT2D eigenvalue weighted by Gasteiger charge is 2.26. The van der Waals surface area contributed by atoms with Crippen molar-refractivity contribution in [2.45, 2.75) is 31.7 Å². The zero-order valence-corrected chi connectivity index (χ0v) is 9.40. The SMILES string of the molecule is COC(CC(C)(O)Cc1ccoc1)OC. The van der Waals surface area contributed by atoms with Crippen molar-refractivity contribution in [3.8, 4) is 0 Å². The fourth-order valence-corrected chi connectivity index (χ4v) is 1.53. The van der Waals surface area contributed by atoms with Crippen LogP contribution in [0.3, 0.4) is 0 Å². The highest BCUT2D eigenvalue weighted by molar-refractivity contribution is 5.08.